The average molecular weight is 279 g/mol. The second kappa shape index (κ2) is 5.64. The van der Waals surface area contributed by atoms with Crippen LogP contribution in [0.1, 0.15) is 21.7 Å². The van der Waals surface area contributed by atoms with Crippen molar-refractivity contribution in [2.24, 2.45) is 0 Å². The van der Waals surface area contributed by atoms with Gasteiger partial charge in [0, 0.05) is 11.3 Å². The number of aromatic nitrogens is 1. The van der Waals surface area contributed by atoms with Crippen molar-refractivity contribution in [1.82, 2.24) is 4.98 Å². The zero-order chi connectivity index (χ0) is 14.7. The zero-order valence-electron chi connectivity index (χ0n) is 10.6. The molecular formula is C14H11F2NO3. The highest BCUT2D eigenvalue weighted by atomic mass is 19.1. The van der Waals surface area contributed by atoms with E-state index < -0.39 is 17.6 Å². The molecule has 0 saturated carbocycles. The molecule has 0 amide bonds. The van der Waals surface area contributed by atoms with Crippen molar-refractivity contribution in [2.75, 3.05) is 0 Å². The Morgan fingerprint density at radius 2 is 2.05 bits per heavy atom. The molecule has 1 N–H and O–H groups in total. The third kappa shape index (κ3) is 3.09. The molecule has 20 heavy (non-hydrogen) atoms. The van der Waals surface area contributed by atoms with Crippen molar-refractivity contribution in [3.05, 3.63) is 58.9 Å². The predicted octanol–water partition coefficient (Wildman–Crippen LogP) is 2.95. The van der Waals surface area contributed by atoms with Gasteiger partial charge in [0.15, 0.2) is 11.4 Å². The largest absolute Gasteiger partial charge is 0.486 e. The van der Waals surface area contributed by atoms with Crippen LogP contribution in [0.3, 0.4) is 0 Å². The van der Waals surface area contributed by atoms with E-state index in [1.165, 1.54) is 6.07 Å². The Bertz CT molecular complexity index is 659. The number of aryl methyl sites for hydroxylation is 1. The third-order valence-electron chi connectivity index (χ3n) is 2.59. The lowest BCUT2D eigenvalue weighted by Gasteiger charge is -2.09. The molecule has 1 heterocycles. The van der Waals surface area contributed by atoms with Crippen LogP contribution in [0.5, 0.6) is 5.75 Å². The molecular weight excluding hydrogens is 268 g/mol. The van der Waals surface area contributed by atoms with E-state index in [4.69, 9.17) is 9.84 Å². The lowest BCUT2D eigenvalue weighted by molar-refractivity contribution is 0.0684. The summed E-state index contributed by atoms with van der Waals surface area (Å²) < 4.78 is 31.6. The number of benzene rings is 1. The minimum Gasteiger partial charge on any atom is -0.486 e. The van der Waals surface area contributed by atoms with Gasteiger partial charge in [-0.25, -0.2) is 18.6 Å². The Hall–Kier alpha value is -2.50. The van der Waals surface area contributed by atoms with Crippen LogP contribution in [-0.4, -0.2) is 16.1 Å². The van der Waals surface area contributed by atoms with Crippen molar-refractivity contribution in [1.29, 1.82) is 0 Å². The standard InChI is InChI=1S/C14H11F2NO3/c1-8-2-5-12(13(17-8)14(18)19)20-7-9-6-10(15)3-4-11(9)16/h2-6H,7H2,1H3,(H,18,19). The summed E-state index contributed by atoms with van der Waals surface area (Å²) in [6.07, 6.45) is 0. The molecule has 2 aromatic rings. The first-order chi connectivity index (χ1) is 9.47. The molecule has 2 rings (SSSR count). The maximum atomic E-state index is 13.4. The number of pyridine rings is 1. The van der Waals surface area contributed by atoms with Gasteiger partial charge >= 0.3 is 5.97 Å². The van der Waals surface area contributed by atoms with Gasteiger partial charge in [0.2, 0.25) is 0 Å². The van der Waals surface area contributed by atoms with E-state index in [0.717, 1.165) is 18.2 Å². The number of ether oxygens (including phenoxy) is 1. The molecule has 1 aromatic carbocycles. The number of aromatic carboxylic acids is 1. The molecule has 6 heteroatoms. The molecule has 0 bridgehead atoms. The quantitative estimate of drug-likeness (QED) is 0.934. The summed E-state index contributed by atoms with van der Waals surface area (Å²) in [5, 5.41) is 9.01. The van der Waals surface area contributed by atoms with Crippen LogP contribution in [-0.2, 0) is 6.61 Å². The molecule has 0 fully saturated rings. The van der Waals surface area contributed by atoms with Crippen molar-refractivity contribution in [3.8, 4) is 5.75 Å². The van der Waals surface area contributed by atoms with Crippen LogP contribution < -0.4 is 4.74 Å². The summed E-state index contributed by atoms with van der Waals surface area (Å²) in [4.78, 5) is 14.9. The Kier molecular flexibility index (Phi) is 3.93. The molecule has 104 valence electrons. The molecule has 0 aliphatic carbocycles. The number of hydrogen-bond acceptors (Lipinski definition) is 3. The number of carboxylic acid groups (broad SMARTS) is 1. The minimum atomic E-state index is -1.25. The number of carbonyl (C=O) groups is 1. The summed E-state index contributed by atoms with van der Waals surface area (Å²) in [6, 6.07) is 5.98. The molecule has 1 aromatic heterocycles. The predicted molar refractivity (Wildman–Crippen MR) is 66.6 cm³/mol. The highest BCUT2D eigenvalue weighted by Crippen LogP contribution is 2.19. The van der Waals surface area contributed by atoms with Crippen LogP contribution in [0.15, 0.2) is 30.3 Å². The number of nitrogens with zero attached hydrogens (tertiary/aromatic N) is 1. The topological polar surface area (TPSA) is 59.4 Å². The molecule has 4 nitrogen and oxygen atoms in total. The summed E-state index contributed by atoms with van der Waals surface area (Å²) >= 11 is 0. The minimum absolute atomic E-state index is 0.00177. The Labute approximate surface area is 113 Å². The summed E-state index contributed by atoms with van der Waals surface area (Å²) in [7, 11) is 0. The number of halogens is 2. The molecule has 0 atom stereocenters. The van der Waals surface area contributed by atoms with Crippen molar-refractivity contribution in [3.63, 3.8) is 0 Å². The third-order valence-corrected chi connectivity index (χ3v) is 2.59. The maximum Gasteiger partial charge on any atom is 0.358 e. The fourth-order valence-corrected chi connectivity index (χ4v) is 1.62. The van der Waals surface area contributed by atoms with Gasteiger partial charge < -0.3 is 9.84 Å². The Morgan fingerprint density at radius 1 is 1.30 bits per heavy atom. The first-order valence-electron chi connectivity index (χ1n) is 5.75. The number of carboxylic acids is 1. The van der Waals surface area contributed by atoms with Crippen molar-refractivity contribution >= 4 is 5.97 Å². The SMILES string of the molecule is Cc1ccc(OCc2cc(F)ccc2F)c(C(=O)O)n1. The molecule has 0 saturated heterocycles. The van der Waals surface area contributed by atoms with E-state index in [2.05, 4.69) is 4.98 Å². The lowest BCUT2D eigenvalue weighted by atomic mass is 10.2. The van der Waals surface area contributed by atoms with Crippen LogP contribution in [0.2, 0.25) is 0 Å². The summed E-state index contributed by atoms with van der Waals surface area (Å²) in [5.41, 5.74) is 0.260. The first-order valence-corrected chi connectivity index (χ1v) is 5.75. The smallest absolute Gasteiger partial charge is 0.358 e. The van der Waals surface area contributed by atoms with Crippen LogP contribution >= 0.6 is 0 Å². The molecule has 0 aliphatic rings. The van der Waals surface area contributed by atoms with Crippen LogP contribution in [0.4, 0.5) is 8.78 Å². The molecule has 0 unspecified atom stereocenters. The Morgan fingerprint density at radius 3 is 2.75 bits per heavy atom. The second-order valence-corrected chi connectivity index (χ2v) is 4.13. The van der Waals surface area contributed by atoms with Gasteiger partial charge in [0.1, 0.15) is 18.2 Å². The van der Waals surface area contributed by atoms with E-state index in [0.29, 0.717) is 5.69 Å². The van der Waals surface area contributed by atoms with Gasteiger partial charge in [-0.05, 0) is 37.3 Å². The van der Waals surface area contributed by atoms with Gasteiger partial charge in [-0.1, -0.05) is 0 Å². The van der Waals surface area contributed by atoms with Gasteiger partial charge in [0.05, 0.1) is 0 Å². The highest BCUT2D eigenvalue weighted by Gasteiger charge is 2.14. The van der Waals surface area contributed by atoms with Crippen LogP contribution in [0.25, 0.3) is 0 Å². The van der Waals surface area contributed by atoms with Crippen molar-refractivity contribution < 1.29 is 23.4 Å². The first kappa shape index (κ1) is 13.9. The Balaban J connectivity index is 2.23. The highest BCUT2D eigenvalue weighted by molar-refractivity contribution is 5.88. The van der Waals surface area contributed by atoms with E-state index in [9.17, 15) is 13.6 Å². The van der Waals surface area contributed by atoms with E-state index in [1.54, 1.807) is 13.0 Å². The summed E-state index contributed by atoms with van der Waals surface area (Å²) in [5.74, 6) is -2.45. The fourth-order valence-electron chi connectivity index (χ4n) is 1.62. The van der Waals surface area contributed by atoms with E-state index >= 15 is 0 Å². The molecule has 0 spiro atoms. The maximum absolute atomic E-state index is 13.4. The van der Waals surface area contributed by atoms with Gasteiger partial charge in [-0.15, -0.1) is 0 Å². The van der Waals surface area contributed by atoms with Crippen LogP contribution in [0, 0.1) is 18.6 Å². The molecule has 0 radical (unpaired) electrons. The fraction of sp³-hybridized carbons (Fsp3) is 0.143. The van der Waals surface area contributed by atoms with Crippen molar-refractivity contribution in [2.45, 2.75) is 13.5 Å². The van der Waals surface area contributed by atoms with Gasteiger partial charge in [-0.3, -0.25) is 0 Å². The average Bonchev–Trinajstić information content (AvgIpc) is 2.40. The molecule has 0 aliphatic heterocycles. The number of rotatable bonds is 4. The second-order valence-electron chi connectivity index (χ2n) is 4.13. The van der Waals surface area contributed by atoms with Gasteiger partial charge in [-0.2, -0.15) is 0 Å². The lowest BCUT2D eigenvalue weighted by Crippen LogP contribution is -2.07. The summed E-state index contributed by atoms with van der Waals surface area (Å²) in [6.45, 7) is 1.36. The zero-order valence-corrected chi connectivity index (χ0v) is 10.6. The van der Waals surface area contributed by atoms with Gasteiger partial charge in [0.25, 0.3) is 0 Å². The van der Waals surface area contributed by atoms with E-state index in [-0.39, 0.29) is 23.6 Å². The monoisotopic (exact) mass is 279 g/mol. The van der Waals surface area contributed by atoms with E-state index in [1.807, 2.05) is 0 Å². The number of hydrogen-bond donors (Lipinski definition) is 1. The normalized spacial score (nSPS) is 10.3.